The van der Waals surface area contributed by atoms with E-state index in [-0.39, 0.29) is 11.9 Å². The average molecular weight is 349 g/mol. The molecule has 1 unspecified atom stereocenters. The van der Waals surface area contributed by atoms with E-state index in [4.69, 9.17) is 0 Å². The summed E-state index contributed by atoms with van der Waals surface area (Å²) >= 11 is 3.43. The predicted octanol–water partition coefficient (Wildman–Crippen LogP) is 4.11. The van der Waals surface area contributed by atoms with Gasteiger partial charge in [0.05, 0.1) is 10.9 Å². The van der Waals surface area contributed by atoms with Crippen molar-refractivity contribution in [3.05, 3.63) is 43.8 Å². The summed E-state index contributed by atoms with van der Waals surface area (Å²) in [5, 5.41) is 5.22. The van der Waals surface area contributed by atoms with Gasteiger partial charge in [-0.2, -0.15) is 0 Å². The zero-order chi connectivity index (χ0) is 16.2. The zero-order valence-corrected chi connectivity index (χ0v) is 15.4. The number of nitrogens with one attached hydrogen (secondary N) is 1. The molecule has 0 saturated heterocycles. The fourth-order valence-corrected chi connectivity index (χ4v) is 5.17. The van der Waals surface area contributed by atoms with Crippen LogP contribution in [0.5, 0.6) is 0 Å². The molecular formula is C18H24N2OS2. The number of rotatable bonds is 5. The van der Waals surface area contributed by atoms with Crippen LogP contribution in [0.1, 0.15) is 50.3 Å². The van der Waals surface area contributed by atoms with Crippen LogP contribution >= 0.6 is 22.7 Å². The normalized spacial score (nSPS) is 16.0. The predicted molar refractivity (Wildman–Crippen MR) is 98.7 cm³/mol. The summed E-state index contributed by atoms with van der Waals surface area (Å²) in [6.07, 6.45) is 6.10. The van der Waals surface area contributed by atoms with E-state index < -0.39 is 0 Å². The van der Waals surface area contributed by atoms with E-state index in [1.807, 2.05) is 0 Å². The standard InChI is InChI=1S/C18H24N2OS2/c1-20(2)14(16-9-6-10-22-16)12-19-18(21)17-11-13-7-4-3-5-8-15(13)23-17/h6,9-11,14H,3-5,7-8,12H2,1-2H3,(H,19,21). The van der Waals surface area contributed by atoms with Crippen molar-refractivity contribution in [3.63, 3.8) is 0 Å². The largest absolute Gasteiger partial charge is 0.349 e. The summed E-state index contributed by atoms with van der Waals surface area (Å²) < 4.78 is 0. The fourth-order valence-electron chi connectivity index (χ4n) is 3.07. The van der Waals surface area contributed by atoms with E-state index >= 15 is 0 Å². The van der Waals surface area contributed by atoms with Gasteiger partial charge in [-0.3, -0.25) is 4.79 Å². The smallest absolute Gasteiger partial charge is 0.261 e. The van der Waals surface area contributed by atoms with Gasteiger partial charge in [0.15, 0.2) is 0 Å². The van der Waals surface area contributed by atoms with Gasteiger partial charge in [-0.25, -0.2) is 0 Å². The Morgan fingerprint density at radius 2 is 2.13 bits per heavy atom. The molecule has 0 saturated carbocycles. The number of thiophene rings is 2. The lowest BCUT2D eigenvalue weighted by Gasteiger charge is -2.23. The van der Waals surface area contributed by atoms with Crippen LogP contribution in [0.2, 0.25) is 0 Å². The molecule has 3 rings (SSSR count). The second kappa shape index (κ2) is 7.60. The van der Waals surface area contributed by atoms with Crippen LogP contribution in [0.4, 0.5) is 0 Å². The highest BCUT2D eigenvalue weighted by atomic mass is 32.1. The van der Waals surface area contributed by atoms with Crippen LogP contribution in [0, 0.1) is 0 Å². The van der Waals surface area contributed by atoms with Crippen LogP contribution in [0.25, 0.3) is 0 Å². The Morgan fingerprint density at radius 3 is 2.87 bits per heavy atom. The highest BCUT2D eigenvalue weighted by Crippen LogP contribution is 2.29. The molecule has 0 aliphatic heterocycles. The van der Waals surface area contributed by atoms with Gasteiger partial charge in [0.25, 0.3) is 5.91 Å². The molecule has 2 heterocycles. The molecular weight excluding hydrogens is 324 g/mol. The minimum Gasteiger partial charge on any atom is -0.349 e. The third kappa shape index (κ3) is 4.03. The van der Waals surface area contributed by atoms with Crippen LogP contribution in [-0.4, -0.2) is 31.4 Å². The topological polar surface area (TPSA) is 32.3 Å². The van der Waals surface area contributed by atoms with Crippen LogP contribution in [0.15, 0.2) is 23.6 Å². The second-order valence-electron chi connectivity index (χ2n) is 6.32. The van der Waals surface area contributed by atoms with Crippen LogP contribution in [0.3, 0.4) is 0 Å². The Balaban J connectivity index is 1.65. The van der Waals surface area contributed by atoms with Crippen molar-refractivity contribution < 1.29 is 4.79 Å². The molecule has 1 atom stereocenters. The minimum absolute atomic E-state index is 0.0754. The Hall–Kier alpha value is -1.17. The van der Waals surface area contributed by atoms with Gasteiger partial charge < -0.3 is 10.2 Å². The lowest BCUT2D eigenvalue weighted by molar-refractivity contribution is 0.0946. The molecule has 1 aliphatic carbocycles. The van der Waals surface area contributed by atoms with E-state index in [1.54, 1.807) is 22.7 Å². The molecule has 0 fully saturated rings. The molecule has 23 heavy (non-hydrogen) atoms. The highest BCUT2D eigenvalue weighted by Gasteiger charge is 2.19. The first kappa shape index (κ1) is 16.7. The summed E-state index contributed by atoms with van der Waals surface area (Å²) in [5.41, 5.74) is 1.40. The Labute approximate surface area is 146 Å². The third-order valence-electron chi connectivity index (χ3n) is 4.42. The van der Waals surface area contributed by atoms with Crippen molar-refractivity contribution in [1.29, 1.82) is 0 Å². The van der Waals surface area contributed by atoms with Gasteiger partial charge in [-0.05, 0) is 62.9 Å². The summed E-state index contributed by atoms with van der Waals surface area (Å²) in [4.78, 5) is 18.3. The van der Waals surface area contributed by atoms with Gasteiger partial charge >= 0.3 is 0 Å². The Kier molecular flexibility index (Phi) is 5.51. The Morgan fingerprint density at radius 1 is 1.30 bits per heavy atom. The summed E-state index contributed by atoms with van der Waals surface area (Å²) in [5.74, 6) is 0.0754. The average Bonchev–Trinajstić information content (AvgIpc) is 3.13. The number of hydrogen-bond donors (Lipinski definition) is 1. The van der Waals surface area contributed by atoms with E-state index in [2.05, 4.69) is 47.9 Å². The molecule has 1 amide bonds. The number of carbonyl (C=O) groups is 1. The van der Waals surface area contributed by atoms with Crippen LogP contribution < -0.4 is 5.32 Å². The summed E-state index contributed by atoms with van der Waals surface area (Å²) in [7, 11) is 4.12. The highest BCUT2D eigenvalue weighted by molar-refractivity contribution is 7.14. The van der Waals surface area contributed by atoms with Gasteiger partial charge in [0.1, 0.15) is 0 Å². The number of nitrogens with zero attached hydrogens (tertiary/aromatic N) is 1. The molecule has 0 spiro atoms. The number of amides is 1. The molecule has 0 bridgehead atoms. The second-order valence-corrected chi connectivity index (χ2v) is 8.44. The Bertz CT molecular complexity index is 623. The summed E-state index contributed by atoms with van der Waals surface area (Å²) in [6, 6.07) is 6.55. The van der Waals surface area contributed by atoms with Crippen molar-refractivity contribution in [1.82, 2.24) is 10.2 Å². The summed E-state index contributed by atoms with van der Waals surface area (Å²) in [6.45, 7) is 0.648. The van der Waals surface area contributed by atoms with Crippen LogP contribution in [-0.2, 0) is 12.8 Å². The molecule has 5 heteroatoms. The van der Waals surface area contributed by atoms with Gasteiger partial charge in [-0.15, -0.1) is 22.7 Å². The van der Waals surface area contributed by atoms with E-state index in [9.17, 15) is 4.79 Å². The third-order valence-corrected chi connectivity index (χ3v) is 6.63. The molecule has 2 aromatic heterocycles. The maximum atomic E-state index is 12.5. The van der Waals surface area contributed by atoms with Crippen molar-refractivity contribution in [2.45, 2.75) is 38.1 Å². The molecule has 1 aliphatic rings. The van der Waals surface area contributed by atoms with Crippen molar-refractivity contribution in [3.8, 4) is 0 Å². The monoisotopic (exact) mass is 348 g/mol. The molecule has 2 aromatic rings. The quantitative estimate of drug-likeness (QED) is 0.825. The molecule has 1 N–H and O–H groups in total. The van der Waals surface area contributed by atoms with E-state index in [0.29, 0.717) is 6.54 Å². The van der Waals surface area contributed by atoms with Crippen molar-refractivity contribution in [2.75, 3.05) is 20.6 Å². The zero-order valence-electron chi connectivity index (χ0n) is 13.8. The molecule has 0 radical (unpaired) electrons. The van der Waals surface area contributed by atoms with Crippen molar-refractivity contribution in [2.24, 2.45) is 0 Å². The fraction of sp³-hybridized carbons (Fsp3) is 0.500. The number of likely N-dealkylation sites (N-methyl/N-ethyl adjacent to an activating group) is 1. The lowest BCUT2D eigenvalue weighted by Crippen LogP contribution is -2.33. The van der Waals surface area contributed by atoms with E-state index in [0.717, 1.165) is 17.7 Å². The maximum Gasteiger partial charge on any atom is 0.261 e. The molecule has 124 valence electrons. The number of hydrogen-bond acceptors (Lipinski definition) is 4. The van der Waals surface area contributed by atoms with E-state index in [1.165, 1.54) is 34.6 Å². The van der Waals surface area contributed by atoms with Gasteiger partial charge in [0.2, 0.25) is 0 Å². The molecule has 0 aromatic carbocycles. The number of aryl methyl sites for hydroxylation is 2. The lowest BCUT2D eigenvalue weighted by atomic mass is 10.1. The number of fused-ring (bicyclic) bond motifs is 1. The first-order valence-electron chi connectivity index (χ1n) is 8.25. The minimum atomic E-state index is 0.0754. The SMILES string of the molecule is CN(C)C(CNC(=O)c1cc2c(s1)CCCCC2)c1cccs1. The first-order valence-corrected chi connectivity index (χ1v) is 9.94. The van der Waals surface area contributed by atoms with Gasteiger partial charge in [0, 0.05) is 16.3 Å². The molecule has 3 nitrogen and oxygen atoms in total. The maximum absolute atomic E-state index is 12.5. The van der Waals surface area contributed by atoms with Crippen molar-refractivity contribution >= 4 is 28.6 Å². The van der Waals surface area contributed by atoms with Gasteiger partial charge in [-0.1, -0.05) is 12.5 Å². The first-order chi connectivity index (χ1) is 11.1. The number of carbonyl (C=O) groups excluding carboxylic acids is 1.